The maximum atomic E-state index is 4.02. The number of nitrogens with one attached hydrogen (secondary N) is 1. The molecule has 0 aliphatic heterocycles. The topological polar surface area (TPSA) is 12.0 Å². The smallest absolute Gasteiger partial charge is 0.0854 e. The summed E-state index contributed by atoms with van der Waals surface area (Å²) in [6.07, 6.45) is 0. The molecular weight excluding hydrogens is 202 g/mol. The molecule has 0 amide bonds. The molecule has 0 rings (SSSR count). The van der Waals surface area contributed by atoms with Crippen LogP contribution in [-0.2, 0) is 0 Å². The van der Waals surface area contributed by atoms with Crippen molar-refractivity contribution in [3.8, 4) is 0 Å². The van der Waals surface area contributed by atoms with Crippen molar-refractivity contribution in [2.75, 3.05) is 0 Å². The average molecular weight is 230 g/mol. The van der Waals surface area contributed by atoms with Crippen LogP contribution in [0, 0.1) is 0 Å². The standard InChI is InChI=1S/C11H27NSi2/c1-9-14(7,8)11(12-10(2)3)13(4,5)6/h9-12H,1H2,2-8H3. The predicted molar refractivity (Wildman–Crippen MR) is 73.1 cm³/mol. The van der Waals surface area contributed by atoms with Crippen LogP contribution >= 0.6 is 0 Å². The Labute approximate surface area is 92.0 Å². The monoisotopic (exact) mass is 229 g/mol. The fourth-order valence-corrected chi connectivity index (χ4v) is 13.1. The van der Waals surface area contributed by atoms with Crippen LogP contribution in [0.15, 0.2) is 12.3 Å². The van der Waals surface area contributed by atoms with E-state index in [1.165, 1.54) is 0 Å². The van der Waals surface area contributed by atoms with E-state index in [0.717, 1.165) is 5.29 Å². The third kappa shape index (κ3) is 4.11. The van der Waals surface area contributed by atoms with E-state index in [1.54, 1.807) is 0 Å². The second-order valence-electron chi connectivity index (χ2n) is 6.15. The molecule has 0 aromatic heterocycles. The van der Waals surface area contributed by atoms with Crippen molar-refractivity contribution in [1.29, 1.82) is 0 Å². The highest BCUT2D eigenvalue weighted by Gasteiger charge is 2.38. The molecular formula is C11H27NSi2. The highest BCUT2D eigenvalue weighted by molar-refractivity contribution is 6.99. The van der Waals surface area contributed by atoms with Crippen LogP contribution in [-0.4, -0.2) is 27.5 Å². The highest BCUT2D eigenvalue weighted by atomic mass is 28.4. The second kappa shape index (κ2) is 4.77. The summed E-state index contributed by atoms with van der Waals surface area (Å²) in [7, 11) is -2.42. The summed E-state index contributed by atoms with van der Waals surface area (Å²) in [4.78, 5) is 0. The highest BCUT2D eigenvalue weighted by Crippen LogP contribution is 2.20. The van der Waals surface area contributed by atoms with Gasteiger partial charge in [0.25, 0.3) is 0 Å². The molecule has 0 aliphatic carbocycles. The van der Waals surface area contributed by atoms with Crippen LogP contribution in [0.4, 0.5) is 0 Å². The Hall–Kier alpha value is 0.134. The third-order valence-corrected chi connectivity index (χ3v) is 12.1. The van der Waals surface area contributed by atoms with Gasteiger partial charge in [0.05, 0.1) is 16.1 Å². The van der Waals surface area contributed by atoms with E-state index in [9.17, 15) is 0 Å². The Balaban J connectivity index is 4.82. The quantitative estimate of drug-likeness (QED) is 0.714. The number of hydrogen-bond donors (Lipinski definition) is 1. The van der Waals surface area contributed by atoms with E-state index >= 15 is 0 Å². The van der Waals surface area contributed by atoms with Crippen LogP contribution in [0.3, 0.4) is 0 Å². The lowest BCUT2D eigenvalue weighted by Crippen LogP contribution is -2.63. The van der Waals surface area contributed by atoms with Gasteiger partial charge in [-0.1, -0.05) is 46.6 Å². The maximum absolute atomic E-state index is 4.02. The van der Waals surface area contributed by atoms with Crippen LogP contribution in [0.2, 0.25) is 32.7 Å². The molecule has 0 aromatic carbocycles. The van der Waals surface area contributed by atoms with Gasteiger partial charge in [0.1, 0.15) is 0 Å². The van der Waals surface area contributed by atoms with Gasteiger partial charge in [-0.3, -0.25) is 0 Å². The van der Waals surface area contributed by atoms with E-state index in [1.807, 2.05) is 0 Å². The van der Waals surface area contributed by atoms with Crippen molar-refractivity contribution in [3.05, 3.63) is 12.3 Å². The lowest BCUT2D eigenvalue weighted by Gasteiger charge is -2.40. The van der Waals surface area contributed by atoms with Crippen molar-refractivity contribution in [3.63, 3.8) is 0 Å². The Bertz CT molecular complexity index is 192. The summed E-state index contributed by atoms with van der Waals surface area (Å²) in [5.74, 6) is 0. The summed E-state index contributed by atoms with van der Waals surface area (Å²) >= 11 is 0. The minimum Gasteiger partial charge on any atom is -0.317 e. The number of hydrogen-bond acceptors (Lipinski definition) is 1. The van der Waals surface area contributed by atoms with Crippen molar-refractivity contribution >= 4 is 16.1 Å². The summed E-state index contributed by atoms with van der Waals surface area (Å²) < 4.78 is 0. The fraction of sp³-hybridized carbons (Fsp3) is 0.818. The molecule has 0 aliphatic rings. The zero-order valence-corrected chi connectivity index (χ0v) is 12.9. The maximum Gasteiger partial charge on any atom is 0.0854 e. The van der Waals surface area contributed by atoms with Gasteiger partial charge in [-0.2, -0.15) is 0 Å². The minimum atomic E-state index is -1.29. The molecule has 0 saturated heterocycles. The third-order valence-electron chi connectivity index (χ3n) is 2.64. The van der Waals surface area contributed by atoms with Gasteiger partial charge in [-0.25, -0.2) is 0 Å². The lowest BCUT2D eigenvalue weighted by atomic mass is 10.4. The van der Waals surface area contributed by atoms with E-state index < -0.39 is 16.1 Å². The SMILES string of the molecule is C=C[Si](C)(C)C(NC(C)C)[Si](C)(C)C. The van der Waals surface area contributed by atoms with Crippen molar-refractivity contribution in [1.82, 2.24) is 5.32 Å². The fourth-order valence-electron chi connectivity index (χ4n) is 2.03. The first kappa shape index (κ1) is 14.1. The largest absolute Gasteiger partial charge is 0.317 e. The van der Waals surface area contributed by atoms with E-state index in [-0.39, 0.29) is 0 Å². The zero-order chi connectivity index (χ0) is 11.6. The van der Waals surface area contributed by atoms with Crippen molar-refractivity contribution in [2.45, 2.75) is 57.9 Å². The molecule has 0 aromatic rings. The summed E-state index contributed by atoms with van der Waals surface area (Å²) in [6, 6.07) is 0.582. The molecule has 14 heavy (non-hydrogen) atoms. The predicted octanol–water partition coefficient (Wildman–Crippen LogP) is 3.20. The van der Waals surface area contributed by atoms with Crippen molar-refractivity contribution < 1.29 is 0 Å². The van der Waals surface area contributed by atoms with Gasteiger partial charge in [0.15, 0.2) is 0 Å². The van der Waals surface area contributed by atoms with E-state index in [4.69, 9.17) is 0 Å². The molecule has 1 atom stereocenters. The van der Waals surface area contributed by atoms with Gasteiger partial charge in [0, 0.05) is 6.04 Å². The Kier molecular flexibility index (Phi) is 4.82. The van der Waals surface area contributed by atoms with Crippen LogP contribution < -0.4 is 5.32 Å². The Morgan fingerprint density at radius 1 is 1.07 bits per heavy atom. The van der Waals surface area contributed by atoms with E-state index in [2.05, 4.69) is 64.2 Å². The molecule has 1 unspecified atom stereocenters. The van der Waals surface area contributed by atoms with E-state index in [0.29, 0.717) is 6.04 Å². The molecule has 0 heterocycles. The molecule has 3 heteroatoms. The number of rotatable bonds is 5. The minimum absolute atomic E-state index is 0.582. The van der Waals surface area contributed by atoms with Crippen LogP contribution in [0.25, 0.3) is 0 Å². The Morgan fingerprint density at radius 2 is 1.50 bits per heavy atom. The van der Waals surface area contributed by atoms with Crippen LogP contribution in [0.1, 0.15) is 13.8 Å². The normalized spacial score (nSPS) is 15.7. The first-order chi connectivity index (χ1) is 6.11. The van der Waals surface area contributed by atoms with Gasteiger partial charge in [-0.15, -0.1) is 12.3 Å². The molecule has 0 fully saturated rings. The molecule has 1 N–H and O–H groups in total. The van der Waals surface area contributed by atoms with Gasteiger partial charge in [-0.05, 0) is 5.29 Å². The first-order valence-electron chi connectivity index (χ1n) is 5.51. The molecule has 0 spiro atoms. The molecule has 0 saturated carbocycles. The first-order valence-corrected chi connectivity index (χ1v) is 12.2. The van der Waals surface area contributed by atoms with Gasteiger partial charge < -0.3 is 5.32 Å². The summed E-state index contributed by atoms with van der Waals surface area (Å²) in [6.45, 7) is 20.7. The lowest BCUT2D eigenvalue weighted by molar-refractivity contribution is 0.609. The van der Waals surface area contributed by atoms with Gasteiger partial charge in [0.2, 0.25) is 0 Å². The molecule has 1 nitrogen and oxygen atoms in total. The summed E-state index contributed by atoms with van der Waals surface area (Å²) in [5, 5.41) is 4.49. The molecule has 84 valence electrons. The average Bonchev–Trinajstić information content (AvgIpc) is 1.98. The molecule has 0 radical (unpaired) electrons. The van der Waals surface area contributed by atoms with Gasteiger partial charge >= 0.3 is 0 Å². The molecule has 0 bridgehead atoms. The van der Waals surface area contributed by atoms with Crippen LogP contribution in [0.5, 0.6) is 0 Å². The Morgan fingerprint density at radius 3 is 1.71 bits per heavy atom. The van der Waals surface area contributed by atoms with Crippen molar-refractivity contribution in [2.24, 2.45) is 0 Å². The second-order valence-corrected chi connectivity index (χ2v) is 16.7. The summed E-state index contributed by atoms with van der Waals surface area (Å²) in [5.41, 5.74) is 2.23. The zero-order valence-electron chi connectivity index (χ0n) is 10.9.